The molecule has 0 aromatic heterocycles. The van der Waals surface area contributed by atoms with Gasteiger partial charge in [-0.1, -0.05) is 6.92 Å². The molecule has 0 bridgehead atoms. The van der Waals surface area contributed by atoms with Crippen molar-refractivity contribution in [2.75, 3.05) is 32.9 Å². The minimum atomic E-state index is 0.103. The first-order valence-corrected chi connectivity index (χ1v) is 6.30. The summed E-state index contributed by atoms with van der Waals surface area (Å²) in [7, 11) is 4.14. The Bertz CT molecular complexity index is 427. The molecule has 98 valence electrons. The van der Waals surface area contributed by atoms with Crippen molar-refractivity contribution in [2.45, 2.75) is 13.0 Å². The molecular formula is C14H21N3O. The summed E-state index contributed by atoms with van der Waals surface area (Å²) in [6.07, 6.45) is 0. The van der Waals surface area contributed by atoms with Crippen LogP contribution in [0, 0.1) is 5.92 Å². The highest BCUT2D eigenvalue weighted by Crippen LogP contribution is 2.22. The maximum absolute atomic E-state index is 12.3. The lowest BCUT2D eigenvalue weighted by molar-refractivity contribution is 0.0781. The molecule has 1 saturated heterocycles. The van der Waals surface area contributed by atoms with E-state index < -0.39 is 0 Å². The maximum atomic E-state index is 12.3. The summed E-state index contributed by atoms with van der Waals surface area (Å²) in [4.78, 5) is 16.5. The highest BCUT2D eigenvalue weighted by atomic mass is 16.2. The van der Waals surface area contributed by atoms with E-state index in [1.807, 2.05) is 4.90 Å². The summed E-state index contributed by atoms with van der Waals surface area (Å²) < 4.78 is 0. The number of carbonyl (C=O) groups is 1. The van der Waals surface area contributed by atoms with Gasteiger partial charge in [-0.15, -0.1) is 0 Å². The van der Waals surface area contributed by atoms with Crippen LogP contribution in [0.3, 0.4) is 0 Å². The summed E-state index contributed by atoms with van der Waals surface area (Å²) in [5.41, 5.74) is 7.04. The molecule has 0 saturated carbocycles. The third-order valence-corrected chi connectivity index (χ3v) is 3.68. The zero-order valence-corrected chi connectivity index (χ0v) is 11.3. The number of benzene rings is 1. The van der Waals surface area contributed by atoms with Crippen molar-refractivity contribution >= 4 is 11.6 Å². The van der Waals surface area contributed by atoms with Crippen LogP contribution in [0.25, 0.3) is 0 Å². The van der Waals surface area contributed by atoms with Crippen LogP contribution < -0.4 is 5.73 Å². The molecule has 2 unspecified atom stereocenters. The van der Waals surface area contributed by atoms with E-state index in [4.69, 9.17) is 5.73 Å². The number of hydrogen-bond donors (Lipinski definition) is 1. The van der Waals surface area contributed by atoms with E-state index in [-0.39, 0.29) is 5.91 Å². The Morgan fingerprint density at radius 2 is 1.89 bits per heavy atom. The number of rotatable bonds is 2. The second kappa shape index (κ2) is 4.98. The number of anilines is 1. The van der Waals surface area contributed by atoms with Gasteiger partial charge in [-0.2, -0.15) is 0 Å². The molecule has 2 rings (SSSR count). The highest BCUT2D eigenvalue weighted by Gasteiger charge is 2.33. The predicted molar refractivity (Wildman–Crippen MR) is 73.4 cm³/mol. The SMILES string of the molecule is CC1CN(C(=O)c2ccc(N)cc2)CC1N(C)C. The topological polar surface area (TPSA) is 49.6 Å². The number of likely N-dealkylation sites (tertiary alicyclic amines) is 1. The Morgan fingerprint density at radius 3 is 2.39 bits per heavy atom. The lowest BCUT2D eigenvalue weighted by Gasteiger charge is -2.22. The van der Waals surface area contributed by atoms with E-state index in [1.165, 1.54) is 0 Å². The Morgan fingerprint density at radius 1 is 1.28 bits per heavy atom. The average Bonchev–Trinajstić information content (AvgIpc) is 2.71. The summed E-state index contributed by atoms with van der Waals surface area (Å²) in [6, 6.07) is 7.59. The molecular weight excluding hydrogens is 226 g/mol. The van der Waals surface area contributed by atoms with Crippen molar-refractivity contribution in [3.63, 3.8) is 0 Å². The number of carbonyl (C=O) groups excluding carboxylic acids is 1. The molecule has 2 N–H and O–H groups in total. The smallest absolute Gasteiger partial charge is 0.253 e. The predicted octanol–water partition coefficient (Wildman–Crippen LogP) is 1.29. The summed E-state index contributed by atoms with van der Waals surface area (Å²) in [6.45, 7) is 3.82. The minimum Gasteiger partial charge on any atom is -0.399 e. The van der Waals surface area contributed by atoms with Crippen LogP contribution in [0.2, 0.25) is 0 Å². The quantitative estimate of drug-likeness (QED) is 0.801. The van der Waals surface area contributed by atoms with Crippen LogP contribution in [-0.2, 0) is 0 Å². The Kier molecular flexibility index (Phi) is 3.57. The van der Waals surface area contributed by atoms with Gasteiger partial charge in [0, 0.05) is 30.4 Å². The van der Waals surface area contributed by atoms with Crippen LogP contribution in [-0.4, -0.2) is 48.9 Å². The molecule has 1 aliphatic rings. The van der Waals surface area contributed by atoms with Gasteiger partial charge in [-0.25, -0.2) is 0 Å². The van der Waals surface area contributed by atoms with Gasteiger partial charge in [-0.3, -0.25) is 4.79 Å². The highest BCUT2D eigenvalue weighted by molar-refractivity contribution is 5.94. The van der Waals surface area contributed by atoms with E-state index in [1.54, 1.807) is 24.3 Å². The zero-order chi connectivity index (χ0) is 13.3. The van der Waals surface area contributed by atoms with Crippen molar-refractivity contribution in [3.8, 4) is 0 Å². The van der Waals surface area contributed by atoms with Crippen LogP contribution in [0.4, 0.5) is 5.69 Å². The van der Waals surface area contributed by atoms with Crippen LogP contribution in [0.15, 0.2) is 24.3 Å². The largest absolute Gasteiger partial charge is 0.399 e. The van der Waals surface area contributed by atoms with Crippen LogP contribution >= 0.6 is 0 Å². The minimum absolute atomic E-state index is 0.103. The fourth-order valence-electron chi connectivity index (χ4n) is 2.60. The standard InChI is InChI=1S/C14H21N3O/c1-10-8-17(9-13(10)16(2)3)14(18)11-4-6-12(15)7-5-11/h4-7,10,13H,8-9,15H2,1-3H3. The number of nitrogens with zero attached hydrogens (tertiary/aromatic N) is 2. The average molecular weight is 247 g/mol. The normalized spacial score (nSPS) is 23.7. The maximum Gasteiger partial charge on any atom is 0.253 e. The van der Waals surface area contributed by atoms with Gasteiger partial charge in [0.05, 0.1) is 0 Å². The first kappa shape index (κ1) is 12.9. The molecule has 0 spiro atoms. The van der Waals surface area contributed by atoms with E-state index in [9.17, 15) is 4.79 Å². The van der Waals surface area contributed by atoms with Gasteiger partial charge < -0.3 is 15.5 Å². The van der Waals surface area contributed by atoms with Gasteiger partial charge in [0.1, 0.15) is 0 Å². The first-order chi connectivity index (χ1) is 8.49. The first-order valence-electron chi connectivity index (χ1n) is 6.30. The summed E-state index contributed by atoms with van der Waals surface area (Å²) in [5.74, 6) is 0.615. The number of nitrogens with two attached hydrogens (primary N) is 1. The van der Waals surface area contributed by atoms with Crippen molar-refractivity contribution < 1.29 is 4.79 Å². The number of nitrogen functional groups attached to an aromatic ring is 1. The number of hydrogen-bond acceptors (Lipinski definition) is 3. The lowest BCUT2D eigenvalue weighted by Crippen LogP contribution is -2.35. The Hall–Kier alpha value is -1.55. The molecule has 1 aromatic rings. The molecule has 1 aliphatic heterocycles. The molecule has 0 radical (unpaired) electrons. The molecule has 1 fully saturated rings. The molecule has 1 aromatic carbocycles. The fraction of sp³-hybridized carbons (Fsp3) is 0.500. The van der Waals surface area contributed by atoms with Crippen LogP contribution in [0.5, 0.6) is 0 Å². The van der Waals surface area contributed by atoms with Crippen molar-refractivity contribution in [3.05, 3.63) is 29.8 Å². The third-order valence-electron chi connectivity index (χ3n) is 3.68. The van der Waals surface area contributed by atoms with Crippen molar-refractivity contribution in [2.24, 2.45) is 5.92 Å². The Labute approximate surface area is 108 Å². The van der Waals surface area contributed by atoms with Gasteiger partial charge in [0.2, 0.25) is 0 Å². The third kappa shape index (κ3) is 2.48. The van der Waals surface area contributed by atoms with Gasteiger partial charge in [0.15, 0.2) is 0 Å². The van der Waals surface area contributed by atoms with E-state index >= 15 is 0 Å². The molecule has 2 atom stereocenters. The molecule has 0 aliphatic carbocycles. The lowest BCUT2D eigenvalue weighted by atomic mass is 10.1. The van der Waals surface area contributed by atoms with E-state index in [0.29, 0.717) is 17.6 Å². The van der Waals surface area contributed by atoms with Gasteiger partial charge in [-0.05, 0) is 44.3 Å². The van der Waals surface area contributed by atoms with E-state index in [0.717, 1.165) is 18.7 Å². The summed E-state index contributed by atoms with van der Waals surface area (Å²) in [5, 5.41) is 0. The second-order valence-electron chi connectivity index (χ2n) is 5.34. The number of likely N-dealkylation sites (N-methyl/N-ethyl adjacent to an activating group) is 1. The van der Waals surface area contributed by atoms with Gasteiger partial charge >= 0.3 is 0 Å². The molecule has 4 nitrogen and oxygen atoms in total. The summed E-state index contributed by atoms with van der Waals surface area (Å²) >= 11 is 0. The number of amides is 1. The molecule has 1 heterocycles. The molecule has 18 heavy (non-hydrogen) atoms. The fourth-order valence-corrected chi connectivity index (χ4v) is 2.60. The van der Waals surface area contributed by atoms with Crippen LogP contribution in [0.1, 0.15) is 17.3 Å². The second-order valence-corrected chi connectivity index (χ2v) is 5.34. The Balaban J connectivity index is 2.09. The monoisotopic (exact) mass is 247 g/mol. The van der Waals surface area contributed by atoms with Gasteiger partial charge in [0.25, 0.3) is 5.91 Å². The van der Waals surface area contributed by atoms with Crippen molar-refractivity contribution in [1.82, 2.24) is 9.80 Å². The zero-order valence-electron chi connectivity index (χ0n) is 11.3. The molecule has 1 amide bonds. The molecule has 4 heteroatoms. The van der Waals surface area contributed by atoms with Crippen molar-refractivity contribution in [1.29, 1.82) is 0 Å². The van der Waals surface area contributed by atoms with E-state index in [2.05, 4.69) is 25.9 Å².